The molecule has 1 unspecified atom stereocenters. The molecular weight excluding hydrogens is 360 g/mol. The van der Waals surface area contributed by atoms with E-state index in [1.165, 1.54) is 4.90 Å². The van der Waals surface area contributed by atoms with Crippen molar-refractivity contribution in [2.45, 2.75) is 19.9 Å². The Morgan fingerprint density at radius 2 is 1.96 bits per heavy atom. The molecule has 1 aliphatic rings. The molecule has 132 valence electrons. The monoisotopic (exact) mass is 378 g/mol. The molecule has 1 aromatic carbocycles. The number of thioether (sulfide) groups is 1. The summed E-state index contributed by atoms with van der Waals surface area (Å²) < 4.78 is 0.277. The topological polar surface area (TPSA) is 86.7 Å². The summed E-state index contributed by atoms with van der Waals surface area (Å²) in [6.45, 7) is 3.09. The van der Waals surface area contributed by atoms with Gasteiger partial charge in [0.2, 0.25) is 5.91 Å². The molecule has 2 N–H and O–H groups in total. The second-order valence-electron chi connectivity index (χ2n) is 5.81. The molecule has 8 heteroatoms. The van der Waals surface area contributed by atoms with Crippen LogP contribution in [0.1, 0.15) is 19.4 Å². The van der Waals surface area contributed by atoms with Gasteiger partial charge in [-0.15, -0.1) is 0 Å². The number of nitrogens with one attached hydrogen (secondary N) is 1. The van der Waals surface area contributed by atoms with E-state index >= 15 is 0 Å². The lowest BCUT2D eigenvalue weighted by molar-refractivity contribution is -0.143. The van der Waals surface area contributed by atoms with Gasteiger partial charge < -0.3 is 10.4 Å². The van der Waals surface area contributed by atoms with Gasteiger partial charge in [-0.1, -0.05) is 68.2 Å². The number of benzene rings is 1. The lowest BCUT2D eigenvalue weighted by Gasteiger charge is -2.20. The van der Waals surface area contributed by atoms with E-state index < -0.39 is 17.9 Å². The van der Waals surface area contributed by atoms with Gasteiger partial charge in [-0.25, -0.2) is 4.79 Å². The predicted octanol–water partition coefficient (Wildman–Crippen LogP) is 2.11. The van der Waals surface area contributed by atoms with Crippen molar-refractivity contribution < 1.29 is 19.5 Å². The standard InChI is InChI=1S/C17H18N2O4S2/c1-10(2)14(16(22)23)18-13(20)9-19-15(21)12(25-17(19)24)8-11-6-4-3-5-7-11/h3-8,10,14H,9H2,1-2H3,(H,18,20)(H,22,23). The largest absolute Gasteiger partial charge is 0.480 e. The second kappa shape index (κ2) is 8.26. The number of nitrogens with zero attached hydrogens (tertiary/aromatic N) is 1. The highest BCUT2D eigenvalue weighted by Crippen LogP contribution is 2.32. The molecule has 0 radical (unpaired) electrons. The summed E-state index contributed by atoms with van der Waals surface area (Å²) in [5.41, 5.74) is 0.859. The maximum absolute atomic E-state index is 12.5. The Kier molecular flexibility index (Phi) is 6.33. The summed E-state index contributed by atoms with van der Waals surface area (Å²) in [5, 5.41) is 11.6. The lowest BCUT2D eigenvalue weighted by atomic mass is 10.0. The SMILES string of the molecule is CC(C)C(NC(=O)CN1C(=O)C(=Cc2ccccc2)SC1=S)C(=O)O. The van der Waals surface area contributed by atoms with E-state index in [2.05, 4.69) is 5.32 Å². The molecule has 0 aliphatic carbocycles. The van der Waals surface area contributed by atoms with Gasteiger partial charge in [-0.3, -0.25) is 14.5 Å². The van der Waals surface area contributed by atoms with Crippen LogP contribution in [0.3, 0.4) is 0 Å². The van der Waals surface area contributed by atoms with Crippen molar-refractivity contribution in [1.82, 2.24) is 10.2 Å². The normalized spacial score (nSPS) is 17.2. The Morgan fingerprint density at radius 3 is 2.52 bits per heavy atom. The molecule has 6 nitrogen and oxygen atoms in total. The first-order chi connectivity index (χ1) is 11.8. The first kappa shape index (κ1) is 19.1. The average molecular weight is 378 g/mol. The molecule has 1 atom stereocenters. The highest BCUT2D eigenvalue weighted by atomic mass is 32.2. The molecule has 1 aromatic rings. The van der Waals surface area contributed by atoms with Crippen molar-refractivity contribution in [2.75, 3.05) is 6.54 Å². The summed E-state index contributed by atoms with van der Waals surface area (Å²) in [7, 11) is 0. The number of carbonyl (C=O) groups excluding carboxylic acids is 2. The second-order valence-corrected chi connectivity index (χ2v) is 7.48. The van der Waals surface area contributed by atoms with E-state index in [1.807, 2.05) is 30.3 Å². The Hall–Kier alpha value is -2.19. The fourth-order valence-corrected chi connectivity index (χ4v) is 3.47. The third-order valence-corrected chi connectivity index (χ3v) is 4.90. The summed E-state index contributed by atoms with van der Waals surface area (Å²) in [6, 6.07) is 8.31. The molecular formula is C17H18N2O4S2. The molecule has 25 heavy (non-hydrogen) atoms. The van der Waals surface area contributed by atoms with E-state index in [-0.39, 0.29) is 22.7 Å². The van der Waals surface area contributed by atoms with Crippen LogP contribution in [-0.4, -0.2) is 44.7 Å². The number of carbonyl (C=O) groups is 3. The van der Waals surface area contributed by atoms with Crippen LogP contribution < -0.4 is 5.32 Å². The van der Waals surface area contributed by atoms with Gasteiger partial charge in [0.05, 0.1) is 4.91 Å². The number of thiocarbonyl (C=S) groups is 1. The van der Waals surface area contributed by atoms with Gasteiger partial charge in [0.15, 0.2) is 0 Å². The Labute approximate surface area is 155 Å². The number of carboxylic acid groups (broad SMARTS) is 1. The van der Waals surface area contributed by atoms with Gasteiger partial charge in [-0.05, 0) is 17.6 Å². The smallest absolute Gasteiger partial charge is 0.326 e. The Bertz CT molecular complexity index is 731. The van der Waals surface area contributed by atoms with Crippen molar-refractivity contribution in [3.63, 3.8) is 0 Å². The maximum Gasteiger partial charge on any atom is 0.326 e. The van der Waals surface area contributed by atoms with Gasteiger partial charge in [0, 0.05) is 0 Å². The van der Waals surface area contributed by atoms with Gasteiger partial charge in [0.25, 0.3) is 5.91 Å². The zero-order chi connectivity index (χ0) is 18.6. The molecule has 0 saturated carbocycles. The summed E-state index contributed by atoms with van der Waals surface area (Å²) in [5.74, 6) is -2.30. The predicted molar refractivity (Wildman–Crippen MR) is 101 cm³/mol. The third kappa shape index (κ3) is 4.90. The number of aliphatic carboxylic acids is 1. The third-order valence-electron chi connectivity index (χ3n) is 3.52. The summed E-state index contributed by atoms with van der Waals surface area (Å²) in [4.78, 5) is 37.4. The number of carboxylic acids is 1. The fraction of sp³-hybridized carbons (Fsp3) is 0.294. The minimum Gasteiger partial charge on any atom is -0.480 e. The molecule has 0 spiro atoms. The quantitative estimate of drug-likeness (QED) is 0.582. The zero-order valence-electron chi connectivity index (χ0n) is 13.8. The first-order valence-electron chi connectivity index (χ1n) is 7.62. The number of amides is 2. The van der Waals surface area contributed by atoms with Crippen LogP contribution in [-0.2, 0) is 14.4 Å². The van der Waals surface area contributed by atoms with Gasteiger partial charge >= 0.3 is 5.97 Å². The highest BCUT2D eigenvalue weighted by Gasteiger charge is 2.34. The van der Waals surface area contributed by atoms with Crippen LogP contribution in [0.25, 0.3) is 6.08 Å². The zero-order valence-corrected chi connectivity index (χ0v) is 15.4. The molecule has 1 aliphatic heterocycles. The molecule has 2 rings (SSSR count). The minimum absolute atomic E-state index is 0.273. The lowest BCUT2D eigenvalue weighted by Crippen LogP contribution is -2.48. The van der Waals surface area contributed by atoms with E-state index in [0.29, 0.717) is 4.91 Å². The molecule has 1 saturated heterocycles. The maximum atomic E-state index is 12.5. The summed E-state index contributed by atoms with van der Waals surface area (Å²) in [6.07, 6.45) is 1.71. The highest BCUT2D eigenvalue weighted by molar-refractivity contribution is 8.26. The number of hydrogen-bond donors (Lipinski definition) is 2. The van der Waals surface area contributed by atoms with Crippen molar-refractivity contribution in [2.24, 2.45) is 5.92 Å². The number of hydrogen-bond acceptors (Lipinski definition) is 5. The van der Waals surface area contributed by atoms with Crippen molar-refractivity contribution in [3.05, 3.63) is 40.8 Å². The molecule has 2 amide bonds. The van der Waals surface area contributed by atoms with Crippen LogP contribution in [0.15, 0.2) is 35.2 Å². The van der Waals surface area contributed by atoms with Crippen molar-refractivity contribution >= 4 is 52.2 Å². The Morgan fingerprint density at radius 1 is 1.32 bits per heavy atom. The summed E-state index contributed by atoms with van der Waals surface area (Å²) >= 11 is 6.30. The van der Waals surface area contributed by atoms with E-state index in [1.54, 1.807) is 19.9 Å². The van der Waals surface area contributed by atoms with E-state index in [0.717, 1.165) is 17.3 Å². The van der Waals surface area contributed by atoms with Crippen molar-refractivity contribution in [1.29, 1.82) is 0 Å². The molecule has 0 aromatic heterocycles. The molecule has 0 bridgehead atoms. The average Bonchev–Trinajstić information content (AvgIpc) is 2.80. The van der Waals surface area contributed by atoms with E-state index in [4.69, 9.17) is 17.3 Å². The van der Waals surface area contributed by atoms with Gasteiger partial charge in [0.1, 0.15) is 16.9 Å². The van der Waals surface area contributed by atoms with Gasteiger partial charge in [-0.2, -0.15) is 0 Å². The first-order valence-corrected chi connectivity index (χ1v) is 8.84. The van der Waals surface area contributed by atoms with Crippen LogP contribution >= 0.6 is 24.0 Å². The number of rotatable bonds is 6. The minimum atomic E-state index is -1.11. The van der Waals surface area contributed by atoms with E-state index in [9.17, 15) is 14.4 Å². The fourth-order valence-electron chi connectivity index (χ4n) is 2.21. The van der Waals surface area contributed by atoms with Crippen LogP contribution in [0.5, 0.6) is 0 Å². The Balaban J connectivity index is 2.06. The van der Waals surface area contributed by atoms with Crippen LogP contribution in [0.4, 0.5) is 0 Å². The van der Waals surface area contributed by atoms with Crippen molar-refractivity contribution in [3.8, 4) is 0 Å². The van der Waals surface area contributed by atoms with Crippen LogP contribution in [0.2, 0.25) is 0 Å². The van der Waals surface area contributed by atoms with Crippen LogP contribution in [0, 0.1) is 5.92 Å². The molecule has 1 heterocycles. The molecule has 1 fully saturated rings.